The molecule has 0 aliphatic rings. The van der Waals surface area contributed by atoms with Gasteiger partial charge in [-0.1, -0.05) is 29.8 Å². The Hall–Kier alpha value is -2.14. The molecule has 0 radical (unpaired) electrons. The first-order valence-corrected chi connectivity index (χ1v) is 6.24. The lowest BCUT2D eigenvalue weighted by molar-refractivity contribution is 0.318. The summed E-state index contributed by atoms with van der Waals surface area (Å²) in [5, 5.41) is 8.45. The molecule has 2 heterocycles. The van der Waals surface area contributed by atoms with E-state index in [0.717, 1.165) is 11.6 Å². The lowest BCUT2D eigenvalue weighted by atomic mass is 10.3. The van der Waals surface area contributed by atoms with E-state index in [-0.39, 0.29) is 0 Å². The molecule has 0 unspecified atom stereocenters. The van der Waals surface area contributed by atoms with Gasteiger partial charge in [-0.2, -0.15) is 0 Å². The first-order valence-electron chi connectivity index (χ1n) is 5.86. The predicted molar refractivity (Wildman–Crippen MR) is 71.4 cm³/mol. The first-order chi connectivity index (χ1) is 9.34. The van der Waals surface area contributed by atoms with E-state index in [2.05, 4.69) is 15.2 Å². The predicted octanol–water partition coefficient (Wildman–Crippen LogP) is 2.40. The Morgan fingerprint density at radius 1 is 1.16 bits per heavy atom. The molecule has 0 aliphatic heterocycles. The van der Waals surface area contributed by atoms with Crippen LogP contribution in [-0.4, -0.2) is 26.2 Å². The average molecular weight is 275 g/mol. The van der Waals surface area contributed by atoms with Crippen molar-refractivity contribution in [3.05, 3.63) is 53.7 Å². The van der Waals surface area contributed by atoms with Crippen molar-refractivity contribution >= 4 is 17.2 Å². The van der Waals surface area contributed by atoms with Crippen molar-refractivity contribution in [2.45, 2.75) is 6.42 Å². The Balaban J connectivity index is 1.71. The number of ether oxygens (including phenoxy) is 1. The van der Waals surface area contributed by atoms with Crippen molar-refractivity contribution in [1.82, 2.24) is 19.6 Å². The molecule has 0 saturated heterocycles. The molecule has 0 atom stereocenters. The molecule has 5 nitrogen and oxygen atoms in total. The summed E-state index contributed by atoms with van der Waals surface area (Å²) in [6.07, 6.45) is 4.07. The lowest BCUT2D eigenvalue weighted by Gasteiger charge is -2.04. The minimum Gasteiger partial charge on any atom is -0.493 e. The Morgan fingerprint density at radius 3 is 2.84 bits per heavy atom. The standard InChI is InChI=1S/C13H11ClN4O/c14-12-13-17-16-11(18(13)8-7-15-12)6-9-19-10-4-2-1-3-5-10/h1-5,7-8H,6,9H2. The van der Waals surface area contributed by atoms with Gasteiger partial charge >= 0.3 is 0 Å². The molecule has 0 bridgehead atoms. The number of fused-ring (bicyclic) bond motifs is 1. The minimum absolute atomic E-state index is 0.352. The molecule has 0 saturated carbocycles. The molecule has 3 aromatic rings. The zero-order chi connectivity index (χ0) is 13.1. The number of para-hydroxylation sites is 1. The van der Waals surface area contributed by atoms with Gasteiger partial charge in [0, 0.05) is 18.8 Å². The van der Waals surface area contributed by atoms with Crippen molar-refractivity contribution in [2.75, 3.05) is 6.61 Å². The second-order valence-corrected chi connectivity index (χ2v) is 4.30. The maximum absolute atomic E-state index is 5.93. The van der Waals surface area contributed by atoms with Crippen LogP contribution in [-0.2, 0) is 6.42 Å². The molecule has 2 aromatic heterocycles. The maximum atomic E-state index is 5.93. The number of benzene rings is 1. The molecule has 0 aliphatic carbocycles. The van der Waals surface area contributed by atoms with Gasteiger partial charge in [-0.05, 0) is 12.1 Å². The summed E-state index contributed by atoms with van der Waals surface area (Å²) in [5.74, 6) is 1.64. The highest BCUT2D eigenvalue weighted by molar-refractivity contribution is 6.32. The molecule has 96 valence electrons. The molecule has 1 aromatic carbocycles. The van der Waals surface area contributed by atoms with E-state index in [1.807, 2.05) is 34.7 Å². The van der Waals surface area contributed by atoms with E-state index in [1.54, 1.807) is 12.4 Å². The molecular formula is C13H11ClN4O. The maximum Gasteiger partial charge on any atom is 0.198 e. The van der Waals surface area contributed by atoms with Gasteiger partial charge in [0.15, 0.2) is 10.8 Å². The van der Waals surface area contributed by atoms with Gasteiger partial charge in [-0.15, -0.1) is 10.2 Å². The Kier molecular flexibility index (Phi) is 3.29. The van der Waals surface area contributed by atoms with Crippen LogP contribution in [0.3, 0.4) is 0 Å². The number of halogens is 1. The topological polar surface area (TPSA) is 52.3 Å². The van der Waals surface area contributed by atoms with Gasteiger partial charge in [0.25, 0.3) is 0 Å². The van der Waals surface area contributed by atoms with Crippen LogP contribution in [0.1, 0.15) is 5.82 Å². The first kappa shape index (κ1) is 11.9. The van der Waals surface area contributed by atoms with Crippen LogP contribution >= 0.6 is 11.6 Å². The third kappa shape index (κ3) is 2.51. The van der Waals surface area contributed by atoms with E-state index < -0.39 is 0 Å². The number of rotatable bonds is 4. The number of nitrogens with zero attached hydrogens (tertiary/aromatic N) is 4. The highest BCUT2D eigenvalue weighted by Crippen LogP contribution is 2.13. The van der Waals surface area contributed by atoms with Crippen LogP contribution in [0, 0.1) is 0 Å². The highest BCUT2D eigenvalue weighted by Gasteiger charge is 2.08. The van der Waals surface area contributed by atoms with Crippen molar-refractivity contribution in [2.24, 2.45) is 0 Å². The monoisotopic (exact) mass is 274 g/mol. The Labute approximate surface area is 114 Å². The minimum atomic E-state index is 0.352. The molecule has 0 spiro atoms. The summed E-state index contributed by atoms with van der Waals surface area (Å²) < 4.78 is 7.45. The van der Waals surface area contributed by atoms with Crippen molar-refractivity contribution in [3.63, 3.8) is 0 Å². The SMILES string of the molecule is Clc1nccn2c(CCOc3ccccc3)nnc12. The third-order valence-corrected chi connectivity index (χ3v) is 2.96. The molecule has 0 fully saturated rings. The highest BCUT2D eigenvalue weighted by atomic mass is 35.5. The quantitative estimate of drug-likeness (QED) is 0.733. The zero-order valence-corrected chi connectivity index (χ0v) is 10.8. The summed E-state index contributed by atoms with van der Waals surface area (Å²) in [6.45, 7) is 0.532. The van der Waals surface area contributed by atoms with E-state index >= 15 is 0 Å². The fourth-order valence-corrected chi connectivity index (χ4v) is 1.98. The van der Waals surface area contributed by atoms with Crippen LogP contribution in [0.25, 0.3) is 5.65 Å². The second kappa shape index (κ2) is 5.24. The van der Waals surface area contributed by atoms with Crippen LogP contribution in [0.2, 0.25) is 5.15 Å². The largest absolute Gasteiger partial charge is 0.493 e. The fraction of sp³-hybridized carbons (Fsp3) is 0.154. The lowest BCUT2D eigenvalue weighted by Crippen LogP contribution is -2.05. The van der Waals surface area contributed by atoms with Crippen LogP contribution in [0.15, 0.2) is 42.7 Å². The Bertz CT molecular complexity index is 683. The van der Waals surface area contributed by atoms with Gasteiger partial charge in [0.05, 0.1) is 6.61 Å². The van der Waals surface area contributed by atoms with E-state index in [1.165, 1.54) is 0 Å². The van der Waals surface area contributed by atoms with E-state index in [0.29, 0.717) is 23.8 Å². The molecule has 0 N–H and O–H groups in total. The molecular weight excluding hydrogens is 264 g/mol. The second-order valence-electron chi connectivity index (χ2n) is 3.94. The van der Waals surface area contributed by atoms with Crippen molar-refractivity contribution in [1.29, 1.82) is 0 Å². The number of hydrogen-bond acceptors (Lipinski definition) is 4. The number of hydrogen-bond donors (Lipinski definition) is 0. The summed E-state index contributed by atoms with van der Waals surface area (Å²) in [5.41, 5.74) is 0.568. The third-order valence-electron chi connectivity index (χ3n) is 2.69. The molecule has 6 heteroatoms. The van der Waals surface area contributed by atoms with Crippen LogP contribution in [0.4, 0.5) is 0 Å². The number of aromatic nitrogens is 4. The normalized spacial score (nSPS) is 10.8. The van der Waals surface area contributed by atoms with Crippen LogP contribution in [0.5, 0.6) is 5.75 Å². The summed E-state index contributed by atoms with van der Waals surface area (Å²) in [7, 11) is 0. The summed E-state index contributed by atoms with van der Waals surface area (Å²) >= 11 is 5.93. The fourth-order valence-electron chi connectivity index (χ4n) is 1.79. The van der Waals surface area contributed by atoms with Gasteiger partial charge in [0.2, 0.25) is 0 Å². The summed E-state index contributed by atoms with van der Waals surface area (Å²) in [4.78, 5) is 3.96. The Morgan fingerprint density at radius 2 is 2.00 bits per heavy atom. The van der Waals surface area contributed by atoms with Crippen molar-refractivity contribution < 1.29 is 4.74 Å². The van der Waals surface area contributed by atoms with Gasteiger partial charge < -0.3 is 4.74 Å². The van der Waals surface area contributed by atoms with Crippen LogP contribution < -0.4 is 4.74 Å². The van der Waals surface area contributed by atoms with Gasteiger partial charge in [-0.3, -0.25) is 4.40 Å². The van der Waals surface area contributed by atoms with Gasteiger partial charge in [0.1, 0.15) is 11.6 Å². The summed E-state index contributed by atoms with van der Waals surface area (Å²) in [6, 6.07) is 9.67. The molecule has 19 heavy (non-hydrogen) atoms. The molecule has 3 rings (SSSR count). The smallest absolute Gasteiger partial charge is 0.198 e. The van der Waals surface area contributed by atoms with E-state index in [9.17, 15) is 0 Å². The van der Waals surface area contributed by atoms with E-state index in [4.69, 9.17) is 16.3 Å². The average Bonchev–Trinajstić information content (AvgIpc) is 2.85. The van der Waals surface area contributed by atoms with Crippen molar-refractivity contribution in [3.8, 4) is 5.75 Å². The zero-order valence-electron chi connectivity index (χ0n) is 10.0. The molecule has 0 amide bonds. The van der Waals surface area contributed by atoms with Gasteiger partial charge in [-0.25, -0.2) is 4.98 Å².